The molecular formula is C19H27N7O4S. The molecule has 1 aliphatic carbocycles. The van der Waals surface area contributed by atoms with E-state index in [9.17, 15) is 18.6 Å². The molecule has 31 heavy (non-hydrogen) atoms. The number of hydrogen-bond acceptors (Lipinski definition) is 6. The van der Waals surface area contributed by atoms with E-state index < -0.39 is 15.6 Å². The van der Waals surface area contributed by atoms with Crippen LogP contribution in [-0.4, -0.2) is 69.6 Å². The second kappa shape index (κ2) is 8.06. The fraction of sp³-hybridized carbons (Fsp3) is 0.632. The summed E-state index contributed by atoms with van der Waals surface area (Å²) >= 11 is 0. The number of likely N-dealkylation sites (tertiary alicyclic amines) is 1. The minimum Gasteiger partial charge on any atom is -0.337 e. The normalized spacial score (nSPS) is 19.6. The van der Waals surface area contributed by atoms with E-state index >= 15 is 0 Å². The number of hydrogen-bond donors (Lipinski definition) is 0. The summed E-state index contributed by atoms with van der Waals surface area (Å²) in [6, 6.07) is 0.341. The SMILES string of the molecule is Cn1cc(C(=O)N=S(C)(=O)C2CCN(C(=O)c3cn(C4CCC4)nn3)CC2)n(C)c1=O. The fourth-order valence-corrected chi connectivity index (χ4v) is 5.67. The zero-order valence-electron chi connectivity index (χ0n) is 17.9. The molecule has 2 aliphatic rings. The van der Waals surface area contributed by atoms with Crippen LogP contribution < -0.4 is 5.69 Å². The number of aromatic nitrogens is 5. The van der Waals surface area contributed by atoms with E-state index in [0.717, 1.165) is 12.8 Å². The first kappa shape index (κ1) is 21.5. The second-order valence-corrected chi connectivity index (χ2v) is 11.0. The lowest BCUT2D eigenvalue weighted by Crippen LogP contribution is -2.42. The maximum atomic E-state index is 13.2. The van der Waals surface area contributed by atoms with Crippen LogP contribution in [0.3, 0.4) is 0 Å². The van der Waals surface area contributed by atoms with Crippen LogP contribution >= 0.6 is 0 Å². The van der Waals surface area contributed by atoms with Crippen molar-refractivity contribution < 1.29 is 13.8 Å². The van der Waals surface area contributed by atoms with Crippen molar-refractivity contribution in [2.75, 3.05) is 19.3 Å². The van der Waals surface area contributed by atoms with Crippen molar-refractivity contribution >= 4 is 21.5 Å². The third kappa shape index (κ3) is 4.08. The second-order valence-electron chi connectivity index (χ2n) is 8.38. The molecule has 2 aromatic heterocycles. The van der Waals surface area contributed by atoms with Crippen molar-refractivity contribution in [2.24, 2.45) is 18.5 Å². The standard InChI is InChI=1S/C19H27N7O4S/c1-23-12-16(24(2)19(23)29)17(27)21-31(3,30)14-7-9-25(10-8-14)18(28)15-11-26(22-20-15)13-5-4-6-13/h11-14H,4-10H2,1-3H3. The molecule has 0 spiro atoms. The summed E-state index contributed by atoms with van der Waals surface area (Å²) in [7, 11) is 0.185. The number of rotatable bonds is 4. The van der Waals surface area contributed by atoms with Crippen LogP contribution in [0.25, 0.3) is 0 Å². The highest BCUT2D eigenvalue weighted by Gasteiger charge is 2.31. The van der Waals surface area contributed by atoms with E-state index in [1.807, 2.05) is 0 Å². The van der Waals surface area contributed by atoms with E-state index in [4.69, 9.17) is 0 Å². The lowest BCUT2D eigenvalue weighted by molar-refractivity contribution is 0.0719. The highest BCUT2D eigenvalue weighted by atomic mass is 32.2. The van der Waals surface area contributed by atoms with Gasteiger partial charge in [-0.2, -0.15) is 4.36 Å². The smallest absolute Gasteiger partial charge is 0.328 e. The molecule has 0 aromatic carbocycles. The van der Waals surface area contributed by atoms with Crippen molar-refractivity contribution in [1.82, 2.24) is 29.0 Å². The molecule has 1 aliphatic heterocycles. The number of piperidine rings is 1. The average molecular weight is 450 g/mol. The van der Waals surface area contributed by atoms with Gasteiger partial charge in [-0.1, -0.05) is 5.21 Å². The monoisotopic (exact) mass is 449 g/mol. The van der Waals surface area contributed by atoms with Gasteiger partial charge >= 0.3 is 11.6 Å². The van der Waals surface area contributed by atoms with Crippen LogP contribution in [0.1, 0.15) is 59.1 Å². The first-order valence-corrected chi connectivity index (χ1v) is 12.3. The van der Waals surface area contributed by atoms with Gasteiger partial charge in [-0.05, 0) is 32.1 Å². The highest BCUT2D eigenvalue weighted by Crippen LogP contribution is 2.30. The van der Waals surface area contributed by atoms with Crippen LogP contribution in [0, 0.1) is 0 Å². The Balaban J connectivity index is 1.41. The highest BCUT2D eigenvalue weighted by molar-refractivity contribution is 7.93. The molecule has 11 nitrogen and oxygen atoms in total. The van der Waals surface area contributed by atoms with Crippen molar-refractivity contribution in [3.63, 3.8) is 0 Å². The molecule has 168 valence electrons. The third-order valence-corrected chi connectivity index (χ3v) is 8.51. The summed E-state index contributed by atoms with van der Waals surface area (Å²) in [5.41, 5.74) is 0.0823. The Bertz CT molecular complexity index is 1190. The number of carbonyl (C=O) groups is 2. The number of amides is 2. The van der Waals surface area contributed by atoms with Crippen molar-refractivity contribution in [3.8, 4) is 0 Å². The van der Waals surface area contributed by atoms with E-state index in [1.165, 1.54) is 35.1 Å². The molecule has 0 N–H and O–H groups in total. The number of imidazole rings is 1. The number of aryl methyl sites for hydroxylation is 1. The van der Waals surface area contributed by atoms with Gasteiger partial charge in [-0.25, -0.2) is 13.7 Å². The summed E-state index contributed by atoms with van der Waals surface area (Å²) in [5.74, 6) is -0.849. The van der Waals surface area contributed by atoms with Crippen molar-refractivity contribution in [2.45, 2.75) is 43.4 Å². The molecule has 0 radical (unpaired) electrons. The number of nitrogens with zero attached hydrogens (tertiary/aromatic N) is 7. The largest absolute Gasteiger partial charge is 0.337 e. The summed E-state index contributed by atoms with van der Waals surface area (Å²) in [5, 5.41) is 7.79. The van der Waals surface area contributed by atoms with Gasteiger partial charge in [0.2, 0.25) is 0 Å². The van der Waals surface area contributed by atoms with E-state index in [2.05, 4.69) is 14.7 Å². The summed E-state index contributed by atoms with van der Waals surface area (Å²) < 4.78 is 21.4. The maximum absolute atomic E-state index is 13.2. The van der Waals surface area contributed by atoms with Gasteiger partial charge in [-0.15, -0.1) is 5.10 Å². The topological polar surface area (TPSA) is 124 Å². The van der Waals surface area contributed by atoms with Gasteiger partial charge in [0.1, 0.15) is 5.69 Å². The molecule has 2 amide bonds. The molecule has 0 bridgehead atoms. The molecule has 1 unspecified atom stereocenters. The lowest BCUT2D eigenvalue weighted by atomic mass is 9.93. The van der Waals surface area contributed by atoms with Crippen LogP contribution in [0.2, 0.25) is 0 Å². The molecule has 2 aromatic rings. The predicted octanol–water partition coefficient (Wildman–Crippen LogP) is 0.583. The van der Waals surface area contributed by atoms with E-state index in [0.29, 0.717) is 37.7 Å². The molecule has 1 saturated heterocycles. The molecular weight excluding hydrogens is 422 g/mol. The third-order valence-electron chi connectivity index (χ3n) is 6.28. The molecule has 12 heteroatoms. The maximum Gasteiger partial charge on any atom is 0.328 e. The van der Waals surface area contributed by atoms with Gasteiger partial charge in [0.25, 0.3) is 5.91 Å². The summed E-state index contributed by atoms with van der Waals surface area (Å²) in [6.45, 7) is 0.830. The summed E-state index contributed by atoms with van der Waals surface area (Å²) in [4.78, 5) is 38.8. The fourth-order valence-electron chi connectivity index (χ4n) is 4.01. The number of carbonyl (C=O) groups excluding carboxylic acids is 2. The Morgan fingerprint density at radius 2 is 1.81 bits per heavy atom. The molecule has 1 saturated carbocycles. The molecule has 2 fully saturated rings. The van der Waals surface area contributed by atoms with Crippen molar-refractivity contribution in [1.29, 1.82) is 0 Å². The Hall–Kier alpha value is -2.76. The minimum atomic E-state index is -2.84. The Labute approximate surface area is 180 Å². The molecule has 4 rings (SSSR count). The first-order valence-electron chi connectivity index (χ1n) is 10.4. The molecule has 3 heterocycles. The van der Waals surface area contributed by atoms with Crippen molar-refractivity contribution in [3.05, 3.63) is 34.3 Å². The quantitative estimate of drug-likeness (QED) is 0.673. The lowest BCUT2D eigenvalue weighted by Gasteiger charge is -2.31. The zero-order valence-corrected chi connectivity index (χ0v) is 18.7. The van der Waals surface area contributed by atoms with Gasteiger partial charge in [0.05, 0.1) is 22.0 Å². The summed E-state index contributed by atoms with van der Waals surface area (Å²) in [6.07, 6.45) is 8.81. The zero-order chi connectivity index (χ0) is 22.3. The first-order chi connectivity index (χ1) is 14.7. The minimum absolute atomic E-state index is 0.101. The Morgan fingerprint density at radius 3 is 2.35 bits per heavy atom. The van der Waals surface area contributed by atoms with Crippen LogP contribution in [-0.2, 0) is 23.8 Å². The average Bonchev–Trinajstić information content (AvgIpc) is 3.27. The predicted molar refractivity (Wildman–Crippen MR) is 113 cm³/mol. The van der Waals surface area contributed by atoms with Crippen LogP contribution in [0.5, 0.6) is 0 Å². The van der Waals surface area contributed by atoms with Gasteiger partial charge in [0, 0.05) is 44.9 Å². The van der Waals surface area contributed by atoms with Crippen LogP contribution in [0.4, 0.5) is 0 Å². The Morgan fingerprint density at radius 1 is 1.13 bits per heavy atom. The van der Waals surface area contributed by atoms with Gasteiger partial charge in [0.15, 0.2) is 5.69 Å². The van der Waals surface area contributed by atoms with E-state index in [1.54, 1.807) is 22.8 Å². The van der Waals surface area contributed by atoms with Gasteiger partial charge in [-0.3, -0.25) is 14.2 Å². The molecule has 1 atom stereocenters. The van der Waals surface area contributed by atoms with E-state index in [-0.39, 0.29) is 22.5 Å². The van der Waals surface area contributed by atoms with Crippen LogP contribution in [0.15, 0.2) is 21.6 Å². The van der Waals surface area contributed by atoms with Gasteiger partial charge < -0.3 is 9.47 Å². The Kier molecular flexibility index (Phi) is 5.58.